The largest absolute Gasteiger partial charge is 0.497 e. The average molecular weight is 445 g/mol. The van der Waals surface area contributed by atoms with Gasteiger partial charge in [-0.1, -0.05) is 77.3 Å². The van der Waals surface area contributed by atoms with E-state index >= 15 is 0 Å². The van der Waals surface area contributed by atoms with Crippen molar-refractivity contribution in [1.29, 1.82) is 0 Å². The number of nitrogens with zero attached hydrogens (tertiary/aromatic N) is 3. The van der Waals surface area contributed by atoms with Crippen LogP contribution in [0.15, 0.2) is 68.4 Å². The van der Waals surface area contributed by atoms with Gasteiger partial charge in [0.25, 0.3) is 5.91 Å². The van der Waals surface area contributed by atoms with Gasteiger partial charge in [0.15, 0.2) is 8.68 Å². The smallest absolute Gasteiger partial charge is 0.250 e. The second-order valence-corrected chi connectivity index (χ2v) is 9.28. The first kappa shape index (κ1) is 21.4. The first-order valence-corrected chi connectivity index (χ1v) is 11.5. The Morgan fingerprint density at radius 1 is 1.10 bits per heavy atom. The van der Waals surface area contributed by atoms with Gasteiger partial charge in [-0.15, -0.1) is 10.2 Å². The second-order valence-electron chi connectivity index (χ2n) is 5.86. The van der Waals surface area contributed by atoms with Crippen LogP contribution in [0.4, 0.5) is 0 Å². The monoisotopic (exact) mass is 444 g/mol. The van der Waals surface area contributed by atoms with Crippen molar-refractivity contribution in [3.63, 3.8) is 0 Å². The lowest BCUT2D eigenvalue weighted by atomic mass is 10.1. The number of nitrogens with one attached hydrogen (secondary N) is 1. The lowest BCUT2D eigenvalue weighted by molar-refractivity contribution is -0.118. The van der Waals surface area contributed by atoms with E-state index in [-0.39, 0.29) is 11.7 Å². The highest BCUT2D eigenvalue weighted by Gasteiger charge is 2.09. The summed E-state index contributed by atoms with van der Waals surface area (Å²) in [5.74, 6) is 1.63. The summed E-state index contributed by atoms with van der Waals surface area (Å²) in [4.78, 5) is 12.1. The Morgan fingerprint density at radius 2 is 1.86 bits per heavy atom. The maximum Gasteiger partial charge on any atom is 0.250 e. The Bertz CT molecular complexity index is 977. The van der Waals surface area contributed by atoms with Crippen molar-refractivity contribution in [3.05, 3.63) is 65.7 Å². The summed E-state index contributed by atoms with van der Waals surface area (Å²) in [7, 11) is 1.61. The molecule has 0 spiro atoms. The number of hydrazone groups is 1. The van der Waals surface area contributed by atoms with Crippen molar-refractivity contribution in [1.82, 2.24) is 15.6 Å². The van der Waals surface area contributed by atoms with Crippen LogP contribution in [0.25, 0.3) is 0 Å². The van der Waals surface area contributed by atoms with E-state index in [2.05, 4.69) is 32.9 Å². The van der Waals surface area contributed by atoms with Gasteiger partial charge >= 0.3 is 0 Å². The van der Waals surface area contributed by atoms with Gasteiger partial charge in [0.2, 0.25) is 0 Å². The zero-order valence-electron chi connectivity index (χ0n) is 16.0. The first-order valence-electron chi connectivity index (χ1n) is 8.74. The van der Waals surface area contributed by atoms with E-state index in [1.807, 2.05) is 49.4 Å². The minimum Gasteiger partial charge on any atom is -0.497 e. The molecular formula is C20H20N4O2S3. The number of carbonyl (C=O) groups excluding carboxylic acids is 1. The minimum absolute atomic E-state index is 0.189. The summed E-state index contributed by atoms with van der Waals surface area (Å²) >= 11 is 4.49. The first-order chi connectivity index (χ1) is 14.1. The predicted octanol–water partition coefficient (Wildman–Crippen LogP) is 4.47. The Labute approximate surface area is 182 Å². The fraction of sp³-hybridized carbons (Fsp3) is 0.200. The molecule has 1 aromatic heterocycles. The van der Waals surface area contributed by atoms with Gasteiger partial charge in [-0.2, -0.15) is 5.10 Å². The molecule has 0 atom stereocenters. The van der Waals surface area contributed by atoms with E-state index in [4.69, 9.17) is 4.74 Å². The molecule has 0 saturated carbocycles. The van der Waals surface area contributed by atoms with E-state index in [1.165, 1.54) is 28.7 Å². The number of methoxy groups -OCH3 is 1. The molecule has 1 amide bonds. The molecule has 150 valence electrons. The normalized spacial score (nSPS) is 11.3. The molecule has 0 aliphatic carbocycles. The molecule has 0 unspecified atom stereocenters. The summed E-state index contributed by atoms with van der Waals surface area (Å²) in [5, 5.41) is 12.5. The van der Waals surface area contributed by atoms with Gasteiger partial charge in [-0.05, 0) is 24.6 Å². The molecular weight excluding hydrogens is 424 g/mol. The predicted molar refractivity (Wildman–Crippen MR) is 120 cm³/mol. The van der Waals surface area contributed by atoms with Crippen LogP contribution in [0.1, 0.15) is 18.1 Å². The van der Waals surface area contributed by atoms with Crippen LogP contribution in [-0.4, -0.2) is 34.7 Å². The number of carbonyl (C=O) groups is 1. The van der Waals surface area contributed by atoms with Crippen molar-refractivity contribution >= 4 is 46.5 Å². The van der Waals surface area contributed by atoms with Crippen molar-refractivity contribution < 1.29 is 9.53 Å². The Hall–Kier alpha value is -2.36. The van der Waals surface area contributed by atoms with E-state index in [9.17, 15) is 4.79 Å². The Balaban J connectivity index is 1.45. The highest BCUT2D eigenvalue weighted by molar-refractivity contribution is 8.03. The number of rotatable bonds is 9. The van der Waals surface area contributed by atoms with Gasteiger partial charge in [0.05, 0.1) is 18.6 Å². The number of hydrogen-bond acceptors (Lipinski definition) is 8. The van der Waals surface area contributed by atoms with Crippen LogP contribution < -0.4 is 10.2 Å². The van der Waals surface area contributed by atoms with Crippen LogP contribution >= 0.6 is 34.9 Å². The number of ether oxygens (including phenoxy) is 1. The zero-order chi connectivity index (χ0) is 20.5. The molecule has 0 aliphatic heterocycles. The van der Waals surface area contributed by atoms with Crippen molar-refractivity contribution in [2.75, 3.05) is 12.9 Å². The van der Waals surface area contributed by atoms with E-state index in [1.54, 1.807) is 18.9 Å². The maximum absolute atomic E-state index is 12.1. The highest BCUT2D eigenvalue weighted by atomic mass is 32.2. The molecule has 29 heavy (non-hydrogen) atoms. The molecule has 9 heteroatoms. The third-order valence-electron chi connectivity index (χ3n) is 3.76. The topological polar surface area (TPSA) is 76.5 Å². The van der Waals surface area contributed by atoms with E-state index < -0.39 is 0 Å². The number of benzene rings is 2. The molecule has 0 fully saturated rings. The van der Waals surface area contributed by atoms with Crippen LogP contribution in [0.5, 0.6) is 5.75 Å². The van der Waals surface area contributed by atoms with Gasteiger partial charge in [0.1, 0.15) is 5.75 Å². The zero-order valence-corrected chi connectivity index (χ0v) is 18.4. The van der Waals surface area contributed by atoms with Crippen molar-refractivity contribution in [3.8, 4) is 5.75 Å². The van der Waals surface area contributed by atoms with Gasteiger partial charge in [-0.25, -0.2) is 5.43 Å². The maximum atomic E-state index is 12.1. The Kier molecular flexibility index (Phi) is 8.09. The number of hydrogen-bond donors (Lipinski definition) is 1. The number of amides is 1. The quantitative estimate of drug-likeness (QED) is 0.298. The molecule has 0 aliphatic rings. The second kappa shape index (κ2) is 11.0. The van der Waals surface area contributed by atoms with Gasteiger partial charge in [-0.3, -0.25) is 4.79 Å². The van der Waals surface area contributed by atoms with Crippen LogP contribution in [0.2, 0.25) is 0 Å². The summed E-state index contributed by atoms with van der Waals surface area (Å²) in [6.45, 7) is 1.84. The molecule has 2 aromatic carbocycles. The van der Waals surface area contributed by atoms with Crippen molar-refractivity contribution in [2.45, 2.75) is 21.4 Å². The SMILES string of the molecule is COc1cccc(C(C)=NNC(=O)CSc2nnc(SCc3ccccc3)s2)c1. The van der Waals surface area contributed by atoms with Crippen LogP contribution in [0, 0.1) is 0 Å². The molecule has 3 rings (SSSR count). The molecule has 3 aromatic rings. The van der Waals surface area contributed by atoms with E-state index in [0.29, 0.717) is 5.71 Å². The minimum atomic E-state index is -0.189. The lowest BCUT2D eigenvalue weighted by Gasteiger charge is -2.04. The summed E-state index contributed by atoms with van der Waals surface area (Å²) < 4.78 is 6.86. The van der Waals surface area contributed by atoms with Crippen LogP contribution in [0.3, 0.4) is 0 Å². The lowest BCUT2D eigenvalue weighted by Crippen LogP contribution is -2.21. The average Bonchev–Trinajstić information content (AvgIpc) is 3.23. The molecule has 1 N–H and O–H groups in total. The molecule has 0 bridgehead atoms. The van der Waals surface area contributed by atoms with Crippen molar-refractivity contribution in [2.24, 2.45) is 5.10 Å². The summed E-state index contributed by atoms with van der Waals surface area (Å²) in [6.07, 6.45) is 0. The van der Waals surface area contributed by atoms with Crippen LogP contribution in [-0.2, 0) is 10.5 Å². The molecule has 6 nitrogen and oxygen atoms in total. The van der Waals surface area contributed by atoms with Gasteiger partial charge < -0.3 is 4.74 Å². The van der Waals surface area contributed by atoms with E-state index in [0.717, 1.165) is 25.7 Å². The third-order valence-corrected chi connectivity index (χ3v) is 7.02. The standard InChI is InChI=1S/C20H20N4O2S3/c1-14(16-9-6-10-17(11-16)26-2)21-22-18(25)13-28-20-24-23-19(29-20)27-12-15-7-4-3-5-8-15/h3-11H,12-13H2,1-2H3,(H,22,25). The summed E-state index contributed by atoms with van der Waals surface area (Å²) in [6, 6.07) is 17.7. The summed E-state index contributed by atoms with van der Waals surface area (Å²) in [5.41, 5.74) is 5.42. The highest BCUT2D eigenvalue weighted by Crippen LogP contribution is 2.30. The fourth-order valence-corrected chi connectivity index (χ4v) is 5.02. The molecule has 1 heterocycles. The Morgan fingerprint density at radius 3 is 2.62 bits per heavy atom. The third kappa shape index (κ3) is 6.88. The number of thioether (sulfide) groups is 2. The fourth-order valence-electron chi connectivity index (χ4n) is 2.25. The van der Waals surface area contributed by atoms with Gasteiger partial charge in [0, 0.05) is 11.3 Å². The molecule has 0 radical (unpaired) electrons. The molecule has 0 saturated heterocycles. The number of aromatic nitrogens is 2.